The summed E-state index contributed by atoms with van der Waals surface area (Å²) in [4.78, 5) is 0. The normalized spacial score (nSPS) is 20.4. The third kappa shape index (κ3) is 4.29. The maximum Gasteiger partial charge on any atom is 0.278 e. The number of benzene rings is 2. The molecule has 5 heteroatoms. The lowest BCUT2D eigenvalue weighted by Crippen LogP contribution is -2.36. The van der Waals surface area contributed by atoms with E-state index < -0.39 is 5.72 Å². The summed E-state index contributed by atoms with van der Waals surface area (Å²) < 4.78 is 7.46. The zero-order chi connectivity index (χ0) is 18.6. The van der Waals surface area contributed by atoms with Crippen LogP contribution in [0.1, 0.15) is 20.8 Å². The van der Waals surface area contributed by atoms with E-state index in [0.29, 0.717) is 12.4 Å². The standard InChI is InChI=1S/C21H24N2O2S/c1-4-25-19-12-10-17(11-13-19)22-16(2)14-20-23(21(3,24)15-26-20)18-8-6-5-7-9-18/h5-14,24H,4,15H2,1-3H3/p+1. The fourth-order valence-electron chi connectivity index (χ4n) is 2.92. The second-order valence-corrected chi connectivity index (χ2v) is 7.42. The highest BCUT2D eigenvalue weighted by Crippen LogP contribution is 2.32. The average Bonchev–Trinajstić information content (AvgIpc) is 2.92. The Morgan fingerprint density at radius 3 is 2.58 bits per heavy atom. The average molecular weight is 370 g/mol. The maximum atomic E-state index is 10.8. The summed E-state index contributed by atoms with van der Waals surface area (Å²) in [5.74, 6) is 1.50. The minimum atomic E-state index is -0.905. The minimum Gasteiger partial charge on any atom is -0.494 e. The molecule has 3 rings (SSSR count). The number of anilines is 1. The van der Waals surface area contributed by atoms with Crippen LogP contribution in [0.4, 0.5) is 11.4 Å². The topological polar surface area (TPSA) is 44.5 Å². The third-order valence-electron chi connectivity index (χ3n) is 4.06. The number of para-hydroxylation sites is 1. The lowest BCUT2D eigenvalue weighted by atomic mass is 10.2. The minimum absolute atomic E-state index is 0.629. The number of nitrogens with one attached hydrogen (secondary N) is 1. The Labute approximate surface area is 159 Å². The number of nitrogens with zero attached hydrogens (tertiary/aromatic N) is 1. The van der Waals surface area contributed by atoms with Gasteiger partial charge in [-0.3, -0.25) is 0 Å². The van der Waals surface area contributed by atoms with Crippen LogP contribution < -0.4 is 10.1 Å². The van der Waals surface area contributed by atoms with Gasteiger partial charge >= 0.3 is 0 Å². The Balaban J connectivity index is 1.84. The van der Waals surface area contributed by atoms with Gasteiger partial charge in [0.15, 0.2) is 0 Å². The number of allylic oxidation sites excluding steroid dienone is 1. The summed E-state index contributed by atoms with van der Waals surface area (Å²) in [6, 6.07) is 17.9. The fourth-order valence-corrected chi connectivity index (χ4v) is 4.16. The van der Waals surface area contributed by atoms with Crippen molar-refractivity contribution in [1.29, 1.82) is 0 Å². The van der Waals surface area contributed by atoms with Crippen molar-refractivity contribution in [2.45, 2.75) is 26.5 Å². The van der Waals surface area contributed by atoms with Gasteiger partial charge in [-0.15, -0.1) is 0 Å². The number of ether oxygens (including phenoxy) is 1. The SMILES string of the molecule is CCOc1ccc(N/C(C)=C/C2=[N+](c3ccccc3)C(C)(O)CS2)cc1. The molecule has 2 aromatic rings. The molecule has 1 aliphatic heterocycles. The van der Waals surface area contributed by atoms with E-state index in [1.807, 2.05) is 79.9 Å². The van der Waals surface area contributed by atoms with E-state index in [4.69, 9.17) is 4.74 Å². The van der Waals surface area contributed by atoms with E-state index in [9.17, 15) is 5.11 Å². The highest BCUT2D eigenvalue weighted by atomic mass is 32.2. The van der Waals surface area contributed by atoms with Crippen LogP contribution in [0, 0.1) is 0 Å². The highest BCUT2D eigenvalue weighted by Gasteiger charge is 2.44. The summed E-state index contributed by atoms with van der Waals surface area (Å²) in [5.41, 5.74) is 2.10. The lowest BCUT2D eigenvalue weighted by molar-refractivity contribution is -0.574. The Morgan fingerprint density at radius 2 is 1.92 bits per heavy atom. The predicted octanol–water partition coefficient (Wildman–Crippen LogP) is 4.60. The summed E-state index contributed by atoms with van der Waals surface area (Å²) in [5, 5.41) is 15.2. The van der Waals surface area contributed by atoms with Gasteiger partial charge < -0.3 is 15.2 Å². The molecule has 1 atom stereocenters. The van der Waals surface area contributed by atoms with Gasteiger partial charge in [-0.2, -0.15) is 4.58 Å². The van der Waals surface area contributed by atoms with Crippen LogP contribution in [0.25, 0.3) is 0 Å². The molecule has 0 saturated heterocycles. The molecule has 0 radical (unpaired) electrons. The van der Waals surface area contributed by atoms with Crippen molar-refractivity contribution in [2.75, 3.05) is 17.7 Å². The van der Waals surface area contributed by atoms with Gasteiger partial charge in [0, 0.05) is 36.5 Å². The third-order valence-corrected chi connectivity index (χ3v) is 5.34. The number of rotatable bonds is 6. The van der Waals surface area contributed by atoms with Crippen molar-refractivity contribution in [2.24, 2.45) is 0 Å². The maximum absolute atomic E-state index is 10.8. The highest BCUT2D eigenvalue weighted by molar-refractivity contribution is 8.14. The molecule has 136 valence electrons. The van der Waals surface area contributed by atoms with Crippen molar-refractivity contribution in [3.63, 3.8) is 0 Å². The first-order valence-corrected chi connectivity index (χ1v) is 9.74. The van der Waals surface area contributed by atoms with Gasteiger partial charge in [0.05, 0.1) is 12.4 Å². The lowest BCUT2D eigenvalue weighted by Gasteiger charge is -2.14. The smallest absolute Gasteiger partial charge is 0.278 e. The zero-order valence-corrected chi connectivity index (χ0v) is 16.2. The molecule has 0 saturated carbocycles. The van der Waals surface area contributed by atoms with Gasteiger partial charge in [-0.05, 0) is 49.9 Å². The first-order valence-electron chi connectivity index (χ1n) is 8.75. The molecular weight excluding hydrogens is 344 g/mol. The van der Waals surface area contributed by atoms with E-state index in [0.717, 1.165) is 27.9 Å². The molecule has 0 bridgehead atoms. The van der Waals surface area contributed by atoms with E-state index in [1.165, 1.54) is 0 Å². The Morgan fingerprint density at radius 1 is 1.23 bits per heavy atom. The Bertz CT molecular complexity index is 812. The van der Waals surface area contributed by atoms with Crippen LogP contribution in [-0.4, -0.2) is 32.8 Å². The van der Waals surface area contributed by atoms with Gasteiger partial charge in [-0.1, -0.05) is 18.2 Å². The van der Waals surface area contributed by atoms with Crippen LogP contribution in [0.3, 0.4) is 0 Å². The summed E-state index contributed by atoms with van der Waals surface area (Å²) in [6.45, 7) is 6.52. The molecular formula is C21H25N2O2S+. The van der Waals surface area contributed by atoms with E-state index in [1.54, 1.807) is 11.8 Å². The van der Waals surface area contributed by atoms with Crippen molar-refractivity contribution in [1.82, 2.24) is 0 Å². The summed E-state index contributed by atoms with van der Waals surface area (Å²) in [7, 11) is 0. The fraction of sp³-hybridized carbons (Fsp3) is 0.286. The van der Waals surface area contributed by atoms with E-state index in [-0.39, 0.29) is 0 Å². The van der Waals surface area contributed by atoms with Crippen molar-refractivity contribution >= 4 is 28.2 Å². The Kier molecular flexibility index (Phi) is 5.69. The van der Waals surface area contributed by atoms with Gasteiger partial charge in [0.1, 0.15) is 5.75 Å². The monoisotopic (exact) mass is 369 g/mol. The first kappa shape index (κ1) is 18.5. The largest absolute Gasteiger partial charge is 0.494 e. The van der Waals surface area contributed by atoms with Gasteiger partial charge in [-0.25, -0.2) is 0 Å². The molecule has 2 aromatic carbocycles. The second kappa shape index (κ2) is 7.98. The molecule has 1 unspecified atom stereocenters. The second-order valence-electron chi connectivity index (χ2n) is 6.42. The number of hydrogen-bond donors (Lipinski definition) is 2. The first-order chi connectivity index (χ1) is 12.5. The van der Waals surface area contributed by atoms with Crippen LogP contribution in [-0.2, 0) is 0 Å². The quantitative estimate of drug-likeness (QED) is 0.731. The number of thioether (sulfide) groups is 1. The summed E-state index contributed by atoms with van der Waals surface area (Å²) >= 11 is 1.66. The van der Waals surface area contributed by atoms with Crippen molar-refractivity contribution in [3.05, 3.63) is 66.4 Å². The van der Waals surface area contributed by atoms with Gasteiger partial charge in [0.2, 0.25) is 10.7 Å². The van der Waals surface area contributed by atoms with Crippen LogP contribution in [0.15, 0.2) is 66.4 Å². The van der Waals surface area contributed by atoms with E-state index in [2.05, 4.69) is 11.4 Å². The van der Waals surface area contributed by atoms with E-state index >= 15 is 0 Å². The van der Waals surface area contributed by atoms with Crippen LogP contribution in [0.5, 0.6) is 5.75 Å². The molecule has 0 fully saturated rings. The molecule has 0 aromatic heterocycles. The molecule has 0 aliphatic carbocycles. The van der Waals surface area contributed by atoms with Crippen LogP contribution >= 0.6 is 11.8 Å². The molecule has 4 nitrogen and oxygen atoms in total. The number of hydrogen-bond acceptors (Lipinski definition) is 4. The molecule has 2 N–H and O–H groups in total. The molecule has 0 amide bonds. The predicted molar refractivity (Wildman–Crippen MR) is 109 cm³/mol. The van der Waals surface area contributed by atoms with Crippen LogP contribution in [0.2, 0.25) is 0 Å². The molecule has 0 spiro atoms. The van der Waals surface area contributed by atoms with Crippen molar-refractivity contribution < 1.29 is 14.4 Å². The Hall–Kier alpha value is -2.24. The van der Waals surface area contributed by atoms with Crippen molar-refractivity contribution in [3.8, 4) is 5.75 Å². The molecule has 26 heavy (non-hydrogen) atoms. The molecule has 1 aliphatic rings. The number of aliphatic hydroxyl groups is 1. The van der Waals surface area contributed by atoms with Gasteiger partial charge in [0.25, 0.3) is 5.72 Å². The zero-order valence-electron chi connectivity index (χ0n) is 15.4. The molecule has 1 heterocycles. The summed E-state index contributed by atoms with van der Waals surface area (Å²) in [6.07, 6.45) is 2.08.